The molecule has 1 aliphatic heterocycles. The molecule has 0 aliphatic carbocycles. The van der Waals surface area contributed by atoms with Gasteiger partial charge in [0.25, 0.3) is 0 Å². The van der Waals surface area contributed by atoms with Crippen molar-refractivity contribution in [3.05, 3.63) is 23.3 Å². The molecule has 0 aromatic heterocycles. The predicted molar refractivity (Wildman–Crippen MR) is 77.7 cm³/mol. The molecule has 100 valence electrons. The Labute approximate surface area is 114 Å². The van der Waals surface area contributed by atoms with Crippen molar-refractivity contribution in [1.29, 1.82) is 0 Å². The fraction of sp³-hybridized carbons (Fsp3) is 0.571. The zero-order chi connectivity index (χ0) is 13.0. The molecule has 0 unspecified atom stereocenters. The molecule has 0 amide bonds. The maximum Gasteiger partial charge on any atom is 0.123 e. The van der Waals surface area contributed by atoms with Gasteiger partial charge in [-0.05, 0) is 30.9 Å². The average molecular weight is 266 g/mol. The Morgan fingerprint density at radius 1 is 1.33 bits per heavy atom. The molecule has 1 fully saturated rings. The summed E-state index contributed by atoms with van der Waals surface area (Å²) in [7, 11) is 1.76. The van der Waals surface area contributed by atoms with Crippen molar-refractivity contribution >= 4 is 11.8 Å². The third kappa shape index (κ3) is 3.19. The molecule has 0 radical (unpaired) electrons. The van der Waals surface area contributed by atoms with Gasteiger partial charge in [0.1, 0.15) is 5.75 Å². The van der Waals surface area contributed by atoms with E-state index in [1.165, 1.54) is 16.0 Å². The van der Waals surface area contributed by atoms with E-state index in [-0.39, 0.29) is 0 Å². The number of nitrogens with one attached hydrogen (secondary N) is 1. The number of hydrogen-bond donors (Lipinski definition) is 1. The van der Waals surface area contributed by atoms with E-state index in [4.69, 9.17) is 4.74 Å². The van der Waals surface area contributed by atoms with Gasteiger partial charge in [0.15, 0.2) is 0 Å². The minimum Gasteiger partial charge on any atom is -0.496 e. The maximum atomic E-state index is 5.52. The van der Waals surface area contributed by atoms with Crippen LogP contribution in [0.3, 0.4) is 0 Å². The first-order chi connectivity index (χ1) is 8.74. The predicted octanol–water partition coefficient (Wildman–Crippen LogP) is 2.13. The van der Waals surface area contributed by atoms with Gasteiger partial charge in [-0.1, -0.05) is 0 Å². The number of aryl methyl sites for hydroxylation is 1. The van der Waals surface area contributed by atoms with Crippen LogP contribution in [0.5, 0.6) is 5.75 Å². The van der Waals surface area contributed by atoms with Gasteiger partial charge in [0, 0.05) is 43.2 Å². The van der Waals surface area contributed by atoms with Crippen molar-refractivity contribution in [3.63, 3.8) is 0 Å². The van der Waals surface area contributed by atoms with Crippen LogP contribution in [0, 0.1) is 6.92 Å². The molecule has 0 atom stereocenters. The van der Waals surface area contributed by atoms with Crippen LogP contribution in [0.15, 0.2) is 17.0 Å². The number of piperazine rings is 1. The van der Waals surface area contributed by atoms with Gasteiger partial charge < -0.3 is 10.1 Å². The van der Waals surface area contributed by atoms with E-state index in [1.54, 1.807) is 18.9 Å². The average Bonchev–Trinajstić information content (AvgIpc) is 2.41. The largest absolute Gasteiger partial charge is 0.496 e. The highest BCUT2D eigenvalue weighted by Crippen LogP contribution is 2.29. The number of methoxy groups -OCH3 is 1. The summed E-state index contributed by atoms with van der Waals surface area (Å²) in [6.45, 7) is 7.53. The van der Waals surface area contributed by atoms with Gasteiger partial charge in [-0.25, -0.2) is 0 Å². The van der Waals surface area contributed by atoms with Gasteiger partial charge in [-0.2, -0.15) is 0 Å². The zero-order valence-electron chi connectivity index (χ0n) is 11.5. The summed E-state index contributed by atoms with van der Waals surface area (Å²) in [5.74, 6) is 1.02. The highest BCUT2D eigenvalue weighted by molar-refractivity contribution is 7.98. The lowest BCUT2D eigenvalue weighted by molar-refractivity contribution is 0.230. The standard InChI is InChI=1S/C14H22N2OS/c1-11-8-13(17-2)12(9-14(11)18-3)10-16-6-4-15-5-7-16/h8-9,15H,4-7,10H2,1-3H3. The summed E-state index contributed by atoms with van der Waals surface area (Å²) < 4.78 is 5.52. The number of benzene rings is 1. The number of ether oxygens (including phenoxy) is 1. The maximum absolute atomic E-state index is 5.52. The van der Waals surface area contributed by atoms with Crippen molar-refractivity contribution in [2.45, 2.75) is 18.4 Å². The zero-order valence-corrected chi connectivity index (χ0v) is 12.3. The fourth-order valence-corrected chi connectivity index (χ4v) is 2.99. The van der Waals surface area contributed by atoms with E-state index in [0.717, 1.165) is 38.5 Å². The summed E-state index contributed by atoms with van der Waals surface area (Å²) in [4.78, 5) is 3.83. The Balaban J connectivity index is 2.18. The van der Waals surface area contributed by atoms with E-state index in [2.05, 4.69) is 35.5 Å². The number of thioether (sulfide) groups is 1. The first-order valence-corrected chi connectivity index (χ1v) is 7.61. The third-order valence-electron chi connectivity index (χ3n) is 3.40. The Hall–Kier alpha value is -0.710. The van der Waals surface area contributed by atoms with Crippen LogP contribution < -0.4 is 10.1 Å². The summed E-state index contributed by atoms with van der Waals surface area (Å²) in [5.41, 5.74) is 2.60. The second kappa shape index (κ2) is 6.45. The normalized spacial score (nSPS) is 16.8. The van der Waals surface area contributed by atoms with E-state index in [0.29, 0.717) is 0 Å². The smallest absolute Gasteiger partial charge is 0.123 e. The Bertz CT molecular complexity index is 403. The lowest BCUT2D eigenvalue weighted by Gasteiger charge is -2.28. The van der Waals surface area contributed by atoms with Crippen molar-refractivity contribution < 1.29 is 4.74 Å². The summed E-state index contributed by atoms with van der Waals surface area (Å²) in [6, 6.07) is 4.43. The summed E-state index contributed by atoms with van der Waals surface area (Å²) in [5, 5.41) is 3.38. The minimum atomic E-state index is 0.985. The molecule has 0 bridgehead atoms. The van der Waals surface area contributed by atoms with Crippen LogP contribution in [0.4, 0.5) is 0 Å². The molecule has 1 aromatic rings. The van der Waals surface area contributed by atoms with Gasteiger partial charge in [-0.15, -0.1) is 11.8 Å². The monoisotopic (exact) mass is 266 g/mol. The van der Waals surface area contributed by atoms with Crippen molar-refractivity contribution in [1.82, 2.24) is 10.2 Å². The van der Waals surface area contributed by atoms with Crippen LogP contribution in [-0.4, -0.2) is 44.4 Å². The highest BCUT2D eigenvalue weighted by atomic mass is 32.2. The Morgan fingerprint density at radius 3 is 2.67 bits per heavy atom. The van der Waals surface area contributed by atoms with Gasteiger partial charge in [0.2, 0.25) is 0 Å². The Morgan fingerprint density at radius 2 is 2.06 bits per heavy atom. The molecule has 0 spiro atoms. The van der Waals surface area contributed by atoms with Crippen LogP contribution in [0.25, 0.3) is 0 Å². The van der Waals surface area contributed by atoms with Crippen LogP contribution >= 0.6 is 11.8 Å². The van der Waals surface area contributed by atoms with Gasteiger partial charge in [0.05, 0.1) is 7.11 Å². The third-order valence-corrected chi connectivity index (χ3v) is 4.28. The fourth-order valence-electron chi connectivity index (χ4n) is 2.35. The minimum absolute atomic E-state index is 0.985. The SMILES string of the molecule is COc1cc(C)c(SC)cc1CN1CCNCC1. The van der Waals surface area contributed by atoms with E-state index in [9.17, 15) is 0 Å². The second-order valence-corrected chi connectivity index (χ2v) is 5.51. The van der Waals surface area contributed by atoms with E-state index < -0.39 is 0 Å². The molecule has 1 saturated heterocycles. The molecule has 1 aliphatic rings. The first-order valence-electron chi connectivity index (χ1n) is 6.39. The molecular weight excluding hydrogens is 244 g/mol. The van der Waals surface area contributed by atoms with Crippen LogP contribution in [0.2, 0.25) is 0 Å². The number of nitrogens with zero attached hydrogens (tertiary/aromatic N) is 1. The summed E-state index contributed by atoms with van der Waals surface area (Å²) >= 11 is 1.80. The number of hydrogen-bond acceptors (Lipinski definition) is 4. The molecule has 18 heavy (non-hydrogen) atoms. The first kappa shape index (κ1) is 13.7. The molecule has 3 nitrogen and oxygen atoms in total. The van der Waals surface area contributed by atoms with Crippen molar-refractivity contribution in [2.24, 2.45) is 0 Å². The van der Waals surface area contributed by atoms with Crippen LogP contribution in [-0.2, 0) is 6.54 Å². The molecule has 1 N–H and O–H groups in total. The lowest BCUT2D eigenvalue weighted by Crippen LogP contribution is -2.42. The van der Waals surface area contributed by atoms with Gasteiger partial charge >= 0.3 is 0 Å². The quantitative estimate of drug-likeness (QED) is 0.844. The molecular formula is C14H22N2OS. The topological polar surface area (TPSA) is 24.5 Å². The number of rotatable bonds is 4. The molecule has 0 saturated carbocycles. The van der Waals surface area contributed by atoms with Gasteiger partial charge in [-0.3, -0.25) is 4.90 Å². The second-order valence-electron chi connectivity index (χ2n) is 4.66. The molecule has 2 rings (SSSR count). The highest BCUT2D eigenvalue weighted by Gasteiger charge is 2.14. The summed E-state index contributed by atoms with van der Waals surface area (Å²) in [6.07, 6.45) is 2.13. The van der Waals surface area contributed by atoms with Crippen LogP contribution in [0.1, 0.15) is 11.1 Å². The molecule has 1 heterocycles. The van der Waals surface area contributed by atoms with E-state index in [1.807, 2.05) is 0 Å². The van der Waals surface area contributed by atoms with E-state index >= 15 is 0 Å². The molecule has 1 aromatic carbocycles. The van der Waals surface area contributed by atoms with Crippen molar-refractivity contribution in [2.75, 3.05) is 39.5 Å². The molecule has 4 heteroatoms. The lowest BCUT2D eigenvalue weighted by atomic mass is 10.1. The van der Waals surface area contributed by atoms with Crippen molar-refractivity contribution in [3.8, 4) is 5.75 Å². The Kier molecular flexibility index (Phi) is 4.92.